The van der Waals surface area contributed by atoms with Gasteiger partial charge in [-0.25, -0.2) is 0 Å². The topological polar surface area (TPSA) is 38.8 Å². The van der Waals surface area contributed by atoms with Crippen molar-refractivity contribution in [2.45, 2.75) is 138 Å². The van der Waals surface area contributed by atoms with Gasteiger partial charge in [0.05, 0.1) is 12.2 Å². The summed E-state index contributed by atoms with van der Waals surface area (Å²) in [6.45, 7) is 20.2. The van der Waals surface area contributed by atoms with Crippen molar-refractivity contribution in [3.05, 3.63) is 0 Å². The number of hydrogen-bond acceptors (Lipinski definition) is 3. The molecule has 2 spiro atoms. The Morgan fingerprint density at radius 2 is 1.56 bits per heavy atom. The Morgan fingerprint density at radius 1 is 0.889 bits per heavy atom. The van der Waals surface area contributed by atoms with Crippen LogP contribution in [0.15, 0.2) is 0 Å². The van der Waals surface area contributed by atoms with E-state index < -0.39 is 0 Å². The molecule has 36 heavy (non-hydrogen) atoms. The molecule has 0 aromatic rings. The zero-order valence-corrected chi connectivity index (χ0v) is 24.7. The van der Waals surface area contributed by atoms with Crippen molar-refractivity contribution in [2.24, 2.45) is 56.7 Å². The van der Waals surface area contributed by atoms with Gasteiger partial charge in [0, 0.05) is 12.3 Å². The lowest BCUT2D eigenvalue weighted by Crippen LogP contribution is -2.58. The molecule has 0 N–H and O–H groups in total. The minimum Gasteiger partial charge on any atom is -0.462 e. The van der Waals surface area contributed by atoms with Gasteiger partial charge in [0.25, 0.3) is 0 Å². The van der Waals surface area contributed by atoms with Gasteiger partial charge in [-0.15, -0.1) is 0 Å². The lowest BCUT2D eigenvalue weighted by Gasteiger charge is -2.63. The van der Waals surface area contributed by atoms with E-state index in [-0.39, 0.29) is 23.1 Å². The summed E-state index contributed by atoms with van der Waals surface area (Å²) >= 11 is 0. The van der Waals surface area contributed by atoms with E-state index in [0.717, 1.165) is 30.8 Å². The zero-order valence-electron chi connectivity index (χ0n) is 24.7. The van der Waals surface area contributed by atoms with Gasteiger partial charge in [-0.2, -0.15) is 0 Å². The van der Waals surface area contributed by atoms with E-state index in [2.05, 4.69) is 48.5 Å². The lowest BCUT2D eigenvalue weighted by molar-refractivity contribution is -0.181. The van der Waals surface area contributed by atoms with Gasteiger partial charge in [-0.05, 0) is 122 Å². The van der Waals surface area contributed by atoms with Crippen molar-refractivity contribution in [1.82, 2.24) is 0 Å². The average molecular weight is 499 g/mol. The fraction of sp³-hybridized carbons (Fsp3) is 0.970. The quantitative estimate of drug-likeness (QED) is 0.274. The van der Waals surface area contributed by atoms with Crippen LogP contribution >= 0.6 is 0 Å². The molecule has 6 rings (SSSR count). The summed E-state index contributed by atoms with van der Waals surface area (Å²) in [5, 5.41) is 0. The fourth-order valence-corrected chi connectivity index (χ4v) is 12.2. The number of carbonyl (C=O) groups excluding carboxylic acids is 1. The maximum atomic E-state index is 11.9. The highest BCUT2D eigenvalue weighted by molar-refractivity contribution is 5.66. The number of carbonyl (C=O) groups is 1. The van der Waals surface area contributed by atoms with Crippen LogP contribution in [0.3, 0.4) is 0 Å². The fourth-order valence-electron chi connectivity index (χ4n) is 12.2. The van der Waals surface area contributed by atoms with E-state index in [0.29, 0.717) is 33.5 Å². The maximum absolute atomic E-state index is 11.9. The van der Waals surface area contributed by atoms with Gasteiger partial charge < -0.3 is 9.47 Å². The van der Waals surface area contributed by atoms with E-state index in [1.54, 1.807) is 6.92 Å². The molecule has 3 heteroatoms. The molecule has 0 amide bonds. The molecule has 3 nitrogen and oxygen atoms in total. The second kappa shape index (κ2) is 7.76. The molecule has 6 fully saturated rings. The molecule has 1 saturated heterocycles. The first-order valence-corrected chi connectivity index (χ1v) is 15.6. The Hall–Kier alpha value is -0.570. The molecule has 0 aromatic heterocycles. The third-order valence-corrected chi connectivity index (χ3v) is 14.7. The summed E-state index contributed by atoms with van der Waals surface area (Å²) in [5.41, 5.74) is 2.37. The minimum atomic E-state index is -0.0946. The first-order valence-electron chi connectivity index (χ1n) is 15.6. The van der Waals surface area contributed by atoms with Crippen molar-refractivity contribution >= 4 is 5.97 Å². The molecule has 204 valence electrons. The van der Waals surface area contributed by atoms with E-state index >= 15 is 0 Å². The van der Waals surface area contributed by atoms with Gasteiger partial charge in [0.1, 0.15) is 6.10 Å². The van der Waals surface area contributed by atoms with E-state index in [1.165, 1.54) is 64.2 Å². The van der Waals surface area contributed by atoms with Crippen LogP contribution in [0.2, 0.25) is 0 Å². The van der Waals surface area contributed by atoms with E-state index in [1.807, 2.05) is 0 Å². The molecular formula is C33H54O3. The van der Waals surface area contributed by atoms with E-state index in [4.69, 9.17) is 9.47 Å². The summed E-state index contributed by atoms with van der Waals surface area (Å²) in [6.07, 6.45) is 15.0. The van der Waals surface area contributed by atoms with Crippen LogP contribution in [0.25, 0.3) is 0 Å². The van der Waals surface area contributed by atoms with Crippen molar-refractivity contribution in [3.8, 4) is 0 Å². The number of rotatable bonds is 6. The molecule has 6 aliphatic rings. The number of fused-ring (bicyclic) bond motifs is 2. The molecule has 5 aliphatic carbocycles. The molecule has 0 radical (unpaired) electrons. The Balaban J connectivity index is 1.22. The second-order valence-electron chi connectivity index (χ2n) is 16.1. The summed E-state index contributed by atoms with van der Waals surface area (Å²) < 4.78 is 11.9. The SMILES string of the molecule is CC(=O)OC1CCC23CC24CCC2(C)[C@@H]([C@H](C)CCC5(C(C)C)CO5)CC[C@@]2(C)C4CC[C@H]3C1(C)C. The molecule has 1 aliphatic heterocycles. The van der Waals surface area contributed by atoms with Gasteiger partial charge in [0.2, 0.25) is 0 Å². The van der Waals surface area contributed by atoms with Crippen LogP contribution in [0.1, 0.15) is 126 Å². The molecule has 6 unspecified atom stereocenters. The van der Waals surface area contributed by atoms with Crippen LogP contribution in [0.5, 0.6) is 0 Å². The Kier molecular flexibility index (Phi) is 5.54. The van der Waals surface area contributed by atoms with E-state index in [9.17, 15) is 4.79 Å². The van der Waals surface area contributed by atoms with Gasteiger partial charge in [-0.1, -0.05) is 48.5 Å². The highest BCUT2D eigenvalue weighted by atomic mass is 16.6. The Labute approximate surface area is 221 Å². The predicted molar refractivity (Wildman–Crippen MR) is 144 cm³/mol. The monoisotopic (exact) mass is 498 g/mol. The van der Waals surface area contributed by atoms with Crippen LogP contribution in [0.4, 0.5) is 0 Å². The second-order valence-corrected chi connectivity index (χ2v) is 16.1. The molecule has 5 saturated carbocycles. The first kappa shape index (κ1) is 25.7. The third kappa shape index (κ3) is 3.10. The van der Waals surface area contributed by atoms with Gasteiger partial charge in [0.15, 0.2) is 0 Å². The van der Waals surface area contributed by atoms with Crippen LogP contribution in [-0.4, -0.2) is 24.3 Å². The Morgan fingerprint density at radius 3 is 2.19 bits per heavy atom. The number of epoxide rings is 1. The van der Waals surface area contributed by atoms with Crippen LogP contribution in [0, 0.1) is 56.7 Å². The first-order chi connectivity index (χ1) is 16.8. The normalized spacial score (nSPS) is 53.0. The van der Waals surface area contributed by atoms with Crippen LogP contribution < -0.4 is 0 Å². The van der Waals surface area contributed by atoms with Gasteiger partial charge >= 0.3 is 5.97 Å². The highest BCUT2D eigenvalue weighted by Gasteiger charge is 2.82. The minimum absolute atomic E-state index is 0.0946. The third-order valence-electron chi connectivity index (χ3n) is 14.7. The van der Waals surface area contributed by atoms with Crippen molar-refractivity contribution < 1.29 is 14.3 Å². The summed E-state index contributed by atoms with van der Waals surface area (Å²) in [6, 6.07) is 0. The molecular weight excluding hydrogens is 444 g/mol. The van der Waals surface area contributed by atoms with Gasteiger partial charge in [-0.3, -0.25) is 4.79 Å². The number of hydrogen-bond donors (Lipinski definition) is 0. The smallest absolute Gasteiger partial charge is 0.302 e. The predicted octanol–water partition coefficient (Wildman–Crippen LogP) is 8.20. The standard InChI is InChI=1S/C33H54O3/c1-21(2)33(20-35-33)16-11-22(3)24-12-14-30(8)26-10-9-25-28(5,6)27(36-23(4)34)13-15-31(25)19-32(26,31)18-17-29(24,30)7/h21-22,24-27H,9-20H2,1-8H3/t22-,24-,25+,26?,27?,29?,30+,31?,32?,33?/m1/s1. The number of ether oxygens (including phenoxy) is 2. The highest BCUT2D eigenvalue weighted by Crippen LogP contribution is 2.89. The Bertz CT molecular complexity index is 918. The summed E-state index contributed by atoms with van der Waals surface area (Å²) in [5.74, 6) is 3.83. The number of esters is 1. The largest absolute Gasteiger partial charge is 0.462 e. The lowest BCUT2D eigenvalue weighted by atomic mass is 9.41. The maximum Gasteiger partial charge on any atom is 0.302 e. The average Bonchev–Trinajstić information content (AvgIpc) is 3.69. The molecule has 0 aromatic carbocycles. The molecule has 0 bridgehead atoms. The van der Waals surface area contributed by atoms with Crippen molar-refractivity contribution in [3.63, 3.8) is 0 Å². The van der Waals surface area contributed by atoms with Crippen molar-refractivity contribution in [1.29, 1.82) is 0 Å². The van der Waals surface area contributed by atoms with Crippen LogP contribution in [-0.2, 0) is 14.3 Å². The molecule has 1 heterocycles. The zero-order chi connectivity index (χ0) is 25.9. The van der Waals surface area contributed by atoms with Crippen molar-refractivity contribution in [2.75, 3.05) is 6.61 Å². The molecule has 10 atom stereocenters. The summed E-state index contributed by atoms with van der Waals surface area (Å²) in [7, 11) is 0. The summed E-state index contributed by atoms with van der Waals surface area (Å²) in [4.78, 5) is 11.9.